The van der Waals surface area contributed by atoms with E-state index in [0.717, 1.165) is 5.56 Å². The van der Waals surface area contributed by atoms with Gasteiger partial charge in [0.25, 0.3) is 0 Å². The molecule has 0 aliphatic carbocycles. The van der Waals surface area contributed by atoms with Crippen molar-refractivity contribution in [3.8, 4) is 0 Å². The van der Waals surface area contributed by atoms with Crippen LogP contribution in [-0.4, -0.2) is 35.0 Å². The van der Waals surface area contributed by atoms with Crippen LogP contribution >= 0.6 is 0 Å². The molecule has 1 atom stereocenters. The van der Waals surface area contributed by atoms with Crippen LogP contribution in [0.1, 0.15) is 40.2 Å². The maximum atomic E-state index is 12.5. The lowest BCUT2D eigenvalue weighted by Gasteiger charge is -2.34. The fraction of sp³-hybridized carbons (Fsp3) is 0.450. The molecule has 4 heteroatoms. The van der Waals surface area contributed by atoms with Crippen LogP contribution < -0.4 is 0 Å². The molecule has 1 saturated heterocycles. The number of nitrogens with zero attached hydrogens (tertiary/aromatic N) is 1. The molecule has 0 unspecified atom stereocenters. The Bertz CT molecular complexity index is 612. The highest BCUT2D eigenvalue weighted by atomic mass is 16.6. The van der Waals surface area contributed by atoms with Crippen molar-refractivity contribution in [2.75, 3.05) is 6.61 Å². The summed E-state index contributed by atoms with van der Waals surface area (Å²) in [6, 6.07) is 9.93. The van der Waals surface area contributed by atoms with Crippen molar-refractivity contribution in [2.45, 2.75) is 52.0 Å². The standard InChI is InChI=1S/C20H27NO3/c1-19(2,3)24-18(22)21-17(15-23-20(21,4)5)14-10-9-13-16-11-7-6-8-12-16/h6-14,17H,15H2,1-5H3/b13-9+,14-10+/t17-/m1/s1. The predicted molar refractivity (Wildman–Crippen MR) is 96.5 cm³/mol. The number of carbonyl (C=O) groups is 1. The van der Waals surface area contributed by atoms with Gasteiger partial charge in [-0.25, -0.2) is 4.79 Å². The number of allylic oxidation sites excluding steroid dienone is 2. The first-order valence-corrected chi connectivity index (χ1v) is 8.25. The first-order chi connectivity index (χ1) is 11.2. The second-order valence-corrected chi connectivity index (χ2v) is 7.33. The monoisotopic (exact) mass is 329 g/mol. The molecule has 1 aliphatic rings. The van der Waals surface area contributed by atoms with Crippen LogP contribution in [0.3, 0.4) is 0 Å². The van der Waals surface area contributed by atoms with Gasteiger partial charge in [0.1, 0.15) is 11.3 Å². The van der Waals surface area contributed by atoms with E-state index >= 15 is 0 Å². The summed E-state index contributed by atoms with van der Waals surface area (Å²) in [7, 11) is 0. The topological polar surface area (TPSA) is 38.8 Å². The van der Waals surface area contributed by atoms with Crippen molar-refractivity contribution in [1.82, 2.24) is 4.90 Å². The molecule has 24 heavy (non-hydrogen) atoms. The summed E-state index contributed by atoms with van der Waals surface area (Å²) in [6.45, 7) is 9.81. The number of hydrogen-bond donors (Lipinski definition) is 0. The number of carbonyl (C=O) groups excluding carboxylic acids is 1. The third kappa shape index (κ3) is 4.96. The molecule has 1 aromatic carbocycles. The summed E-state index contributed by atoms with van der Waals surface area (Å²) >= 11 is 0. The van der Waals surface area contributed by atoms with Crippen molar-refractivity contribution in [3.63, 3.8) is 0 Å². The van der Waals surface area contributed by atoms with E-state index in [1.54, 1.807) is 4.90 Å². The van der Waals surface area contributed by atoms with Crippen LogP contribution in [0.25, 0.3) is 6.08 Å². The van der Waals surface area contributed by atoms with Crippen molar-refractivity contribution in [2.24, 2.45) is 0 Å². The number of ether oxygens (including phenoxy) is 2. The lowest BCUT2D eigenvalue weighted by atomic mass is 10.2. The van der Waals surface area contributed by atoms with Gasteiger partial charge in [0.2, 0.25) is 0 Å². The lowest BCUT2D eigenvalue weighted by molar-refractivity contribution is -0.0610. The van der Waals surface area contributed by atoms with Gasteiger partial charge in [-0.1, -0.05) is 54.6 Å². The van der Waals surface area contributed by atoms with Gasteiger partial charge in [0.15, 0.2) is 0 Å². The van der Waals surface area contributed by atoms with Gasteiger partial charge >= 0.3 is 6.09 Å². The van der Waals surface area contributed by atoms with Crippen LogP contribution in [0.5, 0.6) is 0 Å². The highest BCUT2D eigenvalue weighted by molar-refractivity contribution is 5.70. The van der Waals surface area contributed by atoms with Gasteiger partial charge in [0.05, 0.1) is 12.6 Å². The number of benzene rings is 1. The Morgan fingerprint density at radius 1 is 1.25 bits per heavy atom. The summed E-state index contributed by atoms with van der Waals surface area (Å²) in [4.78, 5) is 14.2. The number of rotatable bonds is 3. The average Bonchev–Trinajstić information content (AvgIpc) is 2.78. The van der Waals surface area contributed by atoms with Crippen LogP contribution in [0.15, 0.2) is 48.6 Å². The normalized spacial score (nSPS) is 20.9. The fourth-order valence-electron chi connectivity index (χ4n) is 2.56. The van der Waals surface area contributed by atoms with Crippen LogP contribution in [0.2, 0.25) is 0 Å². The molecule has 0 aromatic heterocycles. The van der Waals surface area contributed by atoms with E-state index in [4.69, 9.17) is 9.47 Å². The molecule has 0 bridgehead atoms. The zero-order chi connectivity index (χ0) is 17.8. The molecule has 0 N–H and O–H groups in total. The van der Waals surface area contributed by atoms with Crippen LogP contribution in [0, 0.1) is 0 Å². The third-order valence-electron chi connectivity index (χ3n) is 3.64. The van der Waals surface area contributed by atoms with E-state index in [-0.39, 0.29) is 12.1 Å². The molecule has 0 radical (unpaired) electrons. The first kappa shape index (κ1) is 18.3. The second-order valence-electron chi connectivity index (χ2n) is 7.33. The Balaban J connectivity index is 2.06. The Labute approximate surface area is 144 Å². The molecule has 0 spiro atoms. The SMILES string of the molecule is CC(C)(C)OC(=O)N1[C@H](/C=C/C=C/c2ccccc2)COC1(C)C. The minimum absolute atomic E-state index is 0.143. The summed E-state index contributed by atoms with van der Waals surface area (Å²) < 4.78 is 11.3. The predicted octanol–water partition coefficient (Wildman–Crippen LogP) is 4.63. The molecule has 1 aromatic rings. The fourth-order valence-corrected chi connectivity index (χ4v) is 2.56. The average molecular weight is 329 g/mol. The van der Waals surface area contributed by atoms with E-state index in [2.05, 4.69) is 0 Å². The molecule has 4 nitrogen and oxygen atoms in total. The van der Waals surface area contributed by atoms with Crippen molar-refractivity contribution < 1.29 is 14.3 Å². The Morgan fingerprint density at radius 3 is 2.54 bits per heavy atom. The maximum Gasteiger partial charge on any atom is 0.413 e. The zero-order valence-electron chi connectivity index (χ0n) is 15.2. The van der Waals surface area contributed by atoms with Crippen molar-refractivity contribution in [1.29, 1.82) is 0 Å². The highest BCUT2D eigenvalue weighted by Crippen LogP contribution is 2.30. The van der Waals surface area contributed by atoms with Gasteiger partial charge in [-0.3, -0.25) is 4.90 Å². The second kappa shape index (κ2) is 7.22. The molecular formula is C20H27NO3. The van der Waals surface area contributed by atoms with Crippen molar-refractivity contribution in [3.05, 3.63) is 54.1 Å². The van der Waals surface area contributed by atoms with E-state index in [0.29, 0.717) is 6.61 Å². The van der Waals surface area contributed by atoms with Crippen LogP contribution in [-0.2, 0) is 9.47 Å². The summed E-state index contributed by atoms with van der Waals surface area (Å²) in [5, 5.41) is 0. The molecule has 1 aliphatic heterocycles. The molecule has 1 amide bonds. The smallest absolute Gasteiger partial charge is 0.413 e. The summed E-state index contributed by atoms with van der Waals surface area (Å²) in [5.41, 5.74) is -0.0771. The van der Waals surface area contributed by atoms with E-state index < -0.39 is 11.3 Å². The molecule has 1 heterocycles. The van der Waals surface area contributed by atoms with Gasteiger partial charge in [-0.15, -0.1) is 0 Å². The van der Waals surface area contributed by atoms with Gasteiger partial charge in [-0.05, 0) is 40.2 Å². The maximum absolute atomic E-state index is 12.5. The molecular weight excluding hydrogens is 302 g/mol. The van der Waals surface area contributed by atoms with E-state index in [1.165, 1.54) is 0 Å². The number of amides is 1. The largest absolute Gasteiger partial charge is 0.444 e. The zero-order valence-corrected chi connectivity index (χ0v) is 15.2. The summed E-state index contributed by atoms with van der Waals surface area (Å²) in [5.74, 6) is 0. The molecule has 1 fully saturated rings. The van der Waals surface area contributed by atoms with Gasteiger partial charge < -0.3 is 9.47 Å². The van der Waals surface area contributed by atoms with Gasteiger partial charge in [-0.2, -0.15) is 0 Å². The Morgan fingerprint density at radius 2 is 1.92 bits per heavy atom. The lowest BCUT2D eigenvalue weighted by Crippen LogP contribution is -2.49. The molecule has 2 rings (SSSR count). The Hall–Kier alpha value is -2.07. The Kier molecular flexibility index (Phi) is 5.50. The molecule has 0 saturated carbocycles. The third-order valence-corrected chi connectivity index (χ3v) is 3.64. The van der Waals surface area contributed by atoms with Crippen LogP contribution in [0.4, 0.5) is 4.79 Å². The van der Waals surface area contributed by atoms with Gasteiger partial charge in [0, 0.05) is 0 Å². The van der Waals surface area contributed by atoms with Crippen molar-refractivity contribution >= 4 is 12.2 Å². The minimum Gasteiger partial charge on any atom is -0.444 e. The van der Waals surface area contributed by atoms with E-state index in [9.17, 15) is 4.79 Å². The first-order valence-electron chi connectivity index (χ1n) is 8.25. The quantitative estimate of drug-likeness (QED) is 0.759. The highest BCUT2D eigenvalue weighted by Gasteiger charge is 2.44. The molecule has 130 valence electrons. The number of hydrogen-bond acceptors (Lipinski definition) is 3. The minimum atomic E-state index is -0.680. The summed E-state index contributed by atoms with van der Waals surface area (Å²) in [6.07, 6.45) is 7.55. The van der Waals surface area contributed by atoms with E-state index in [1.807, 2.05) is 89.3 Å².